The Kier molecular flexibility index (Phi) is 4.02. The molecule has 0 aromatic rings. The predicted molar refractivity (Wildman–Crippen MR) is 50.1 cm³/mol. The summed E-state index contributed by atoms with van der Waals surface area (Å²) in [6.45, 7) is 0.756. The highest BCUT2D eigenvalue weighted by atomic mass is 16.6. The van der Waals surface area contributed by atoms with Gasteiger partial charge in [-0.25, -0.2) is 4.79 Å². The molecule has 0 atom stereocenters. The first kappa shape index (κ1) is 10.3. The lowest BCUT2D eigenvalue weighted by molar-refractivity contribution is 0.0702. The first-order valence-electron chi connectivity index (χ1n) is 4.88. The Hall–Kier alpha value is -0.770. The number of rotatable bonds is 3. The molecule has 0 bridgehead atoms. The highest BCUT2D eigenvalue weighted by molar-refractivity contribution is 5.64. The first-order chi connectivity index (χ1) is 6.22. The summed E-state index contributed by atoms with van der Waals surface area (Å²) in [5.41, 5.74) is 10.4. The Morgan fingerprint density at radius 3 is 2.38 bits per heavy atom. The second-order valence-corrected chi connectivity index (χ2v) is 3.66. The number of primary amides is 1. The second kappa shape index (κ2) is 5.07. The van der Waals surface area contributed by atoms with E-state index in [1.54, 1.807) is 0 Å². The lowest BCUT2D eigenvalue weighted by atomic mass is 9.85. The molecule has 0 radical (unpaired) electrons. The van der Waals surface area contributed by atoms with Gasteiger partial charge < -0.3 is 16.2 Å². The SMILES string of the molecule is NCCC1CCC(OC(N)=O)CC1. The van der Waals surface area contributed by atoms with Crippen molar-refractivity contribution in [2.45, 2.75) is 38.2 Å². The molecule has 0 unspecified atom stereocenters. The van der Waals surface area contributed by atoms with Gasteiger partial charge in [-0.15, -0.1) is 0 Å². The molecule has 1 saturated carbocycles. The van der Waals surface area contributed by atoms with Gasteiger partial charge in [0.15, 0.2) is 0 Å². The average Bonchev–Trinajstić information content (AvgIpc) is 2.08. The van der Waals surface area contributed by atoms with E-state index in [4.69, 9.17) is 16.2 Å². The van der Waals surface area contributed by atoms with Crippen molar-refractivity contribution < 1.29 is 9.53 Å². The van der Waals surface area contributed by atoms with Gasteiger partial charge in [0.25, 0.3) is 0 Å². The summed E-state index contributed by atoms with van der Waals surface area (Å²) >= 11 is 0. The number of hydrogen-bond acceptors (Lipinski definition) is 3. The van der Waals surface area contributed by atoms with Crippen molar-refractivity contribution in [2.24, 2.45) is 17.4 Å². The summed E-state index contributed by atoms with van der Waals surface area (Å²) in [6.07, 6.45) is 4.57. The highest BCUT2D eigenvalue weighted by Gasteiger charge is 2.22. The van der Waals surface area contributed by atoms with Crippen LogP contribution < -0.4 is 11.5 Å². The fourth-order valence-corrected chi connectivity index (χ4v) is 1.94. The van der Waals surface area contributed by atoms with Gasteiger partial charge in [0.05, 0.1) is 0 Å². The van der Waals surface area contributed by atoms with E-state index in [2.05, 4.69) is 0 Å². The van der Waals surface area contributed by atoms with Crippen LogP contribution in [0.4, 0.5) is 4.79 Å². The molecule has 1 aliphatic rings. The molecule has 0 aromatic carbocycles. The molecule has 0 aliphatic heterocycles. The molecule has 0 saturated heterocycles. The smallest absolute Gasteiger partial charge is 0.404 e. The Morgan fingerprint density at radius 1 is 1.31 bits per heavy atom. The lowest BCUT2D eigenvalue weighted by Gasteiger charge is -2.27. The third-order valence-electron chi connectivity index (χ3n) is 2.65. The highest BCUT2D eigenvalue weighted by Crippen LogP contribution is 2.27. The summed E-state index contributed by atoms with van der Waals surface area (Å²) in [5.74, 6) is 0.720. The predicted octanol–water partition coefficient (Wildman–Crippen LogP) is 0.989. The zero-order chi connectivity index (χ0) is 9.68. The molecule has 0 heterocycles. The summed E-state index contributed by atoms with van der Waals surface area (Å²) in [5, 5.41) is 0. The van der Waals surface area contributed by atoms with E-state index >= 15 is 0 Å². The van der Waals surface area contributed by atoms with Crippen LogP contribution in [0.15, 0.2) is 0 Å². The van der Waals surface area contributed by atoms with Gasteiger partial charge in [0.1, 0.15) is 6.10 Å². The Balaban J connectivity index is 2.18. The van der Waals surface area contributed by atoms with Gasteiger partial charge in [-0.2, -0.15) is 0 Å². The topological polar surface area (TPSA) is 78.3 Å². The molecule has 1 rings (SSSR count). The molecule has 4 nitrogen and oxygen atoms in total. The van der Waals surface area contributed by atoms with Crippen molar-refractivity contribution >= 4 is 6.09 Å². The van der Waals surface area contributed by atoms with Crippen LogP contribution in [-0.2, 0) is 4.74 Å². The van der Waals surface area contributed by atoms with E-state index in [9.17, 15) is 4.79 Å². The van der Waals surface area contributed by atoms with Gasteiger partial charge in [0.2, 0.25) is 0 Å². The Morgan fingerprint density at radius 2 is 1.92 bits per heavy atom. The zero-order valence-corrected chi connectivity index (χ0v) is 7.87. The van der Waals surface area contributed by atoms with Crippen molar-refractivity contribution in [3.8, 4) is 0 Å². The average molecular weight is 186 g/mol. The van der Waals surface area contributed by atoms with Crippen LogP contribution in [0.5, 0.6) is 0 Å². The third kappa shape index (κ3) is 3.63. The van der Waals surface area contributed by atoms with Gasteiger partial charge in [-0.05, 0) is 44.6 Å². The molecule has 76 valence electrons. The molecule has 0 spiro atoms. The van der Waals surface area contributed by atoms with Gasteiger partial charge in [-0.1, -0.05) is 0 Å². The lowest BCUT2D eigenvalue weighted by Crippen LogP contribution is -2.27. The van der Waals surface area contributed by atoms with Crippen LogP contribution in [0.3, 0.4) is 0 Å². The summed E-state index contributed by atoms with van der Waals surface area (Å²) in [6, 6.07) is 0. The summed E-state index contributed by atoms with van der Waals surface area (Å²) in [4.78, 5) is 10.5. The van der Waals surface area contributed by atoms with Crippen molar-refractivity contribution in [1.29, 1.82) is 0 Å². The Bertz CT molecular complexity index is 165. The van der Waals surface area contributed by atoms with Crippen molar-refractivity contribution in [1.82, 2.24) is 0 Å². The molecule has 1 aliphatic carbocycles. The minimum absolute atomic E-state index is 0.0477. The number of amides is 1. The van der Waals surface area contributed by atoms with E-state index in [0.29, 0.717) is 0 Å². The van der Waals surface area contributed by atoms with E-state index in [-0.39, 0.29) is 6.10 Å². The normalized spacial score (nSPS) is 28.4. The molecule has 1 fully saturated rings. The number of hydrogen-bond donors (Lipinski definition) is 2. The number of ether oxygens (including phenoxy) is 1. The van der Waals surface area contributed by atoms with E-state index in [1.165, 1.54) is 0 Å². The molecule has 13 heavy (non-hydrogen) atoms. The molecular weight excluding hydrogens is 168 g/mol. The second-order valence-electron chi connectivity index (χ2n) is 3.66. The Labute approximate surface area is 78.6 Å². The minimum atomic E-state index is -0.651. The van der Waals surface area contributed by atoms with E-state index in [1.807, 2.05) is 0 Å². The minimum Gasteiger partial charge on any atom is -0.446 e. The maximum absolute atomic E-state index is 10.5. The van der Waals surface area contributed by atoms with Crippen molar-refractivity contribution in [2.75, 3.05) is 6.54 Å². The number of nitrogens with two attached hydrogens (primary N) is 2. The van der Waals surface area contributed by atoms with E-state index < -0.39 is 6.09 Å². The standard InChI is InChI=1S/C9H18N2O2/c10-6-5-7-1-3-8(4-2-7)13-9(11)12/h7-8H,1-6,10H2,(H2,11,12). The fourth-order valence-electron chi connectivity index (χ4n) is 1.94. The van der Waals surface area contributed by atoms with E-state index in [0.717, 1.165) is 44.6 Å². The molecule has 1 amide bonds. The van der Waals surface area contributed by atoms with Gasteiger partial charge in [-0.3, -0.25) is 0 Å². The quantitative estimate of drug-likeness (QED) is 0.689. The number of carbonyl (C=O) groups is 1. The maximum atomic E-state index is 10.5. The zero-order valence-electron chi connectivity index (χ0n) is 7.87. The maximum Gasteiger partial charge on any atom is 0.404 e. The molecule has 4 heteroatoms. The molecular formula is C9H18N2O2. The number of carbonyl (C=O) groups excluding carboxylic acids is 1. The van der Waals surface area contributed by atoms with Gasteiger partial charge in [0, 0.05) is 0 Å². The first-order valence-corrected chi connectivity index (χ1v) is 4.88. The molecule has 4 N–H and O–H groups in total. The molecule has 0 aromatic heterocycles. The van der Waals surface area contributed by atoms with Crippen LogP contribution in [0.1, 0.15) is 32.1 Å². The van der Waals surface area contributed by atoms with Crippen LogP contribution >= 0.6 is 0 Å². The van der Waals surface area contributed by atoms with Crippen LogP contribution in [-0.4, -0.2) is 18.7 Å². The summed E-state index contributed by atoms with van der Waals surface area (Å²) < 4.78 is 4.93. The van der Waals surface area contributed by atoms with Crippen molar-refractivity contribution in [3.05, 3.63) is 0 Å². The third-order valence-corrected chi connectivity index (χ3v) is 2.65. The van der Waals surface area contributed by atoms with Gasteiger partial charge >= 0.3 is 6.09 Å². The summed E-state index contributed by atoms with van der Waals surface area (Å²) in [7, 11) is 0. The van der Waals surface area contributed by atoms with Crippen LogP contribution in [0.2, 0.25) is 0 Å². The largest absolute Gasteiger partial charge is 0.446 e. The monoisotopic (exact) mass is 186 g/mol. The fraction of sp³-hybridized carbons (Fsp3) is 0.889. The van der Waals surface area contributed by atoms with Crippen LogP contribution in [0.25, 0.3) is 0 Å². The van der Waals surface area contributed by atoms with Crippen LogP contribution in [0, 0.1) is 5.92 Å². The van der Waals surface area contributed by atoms with Crippen molar-refractivity contribution in [3.63, 3.8) is 0 Å².